The quantitative estimate of drug-likeness (QED) is 0.798. The molecule has 2 aromatic rings. The maximum Gasteiger partial charge on any atom is 0.335 e. The molecule has 0 spiro atoms. The summed E-state index contributed by atoms with van der Waals surface area (Å²) in [7, 11) is 1.51. The van der Waals surface area contributed by atoms with Crippen molar-refractivity contribution in [3.05, 3.63) is 59.7 Å². The number of aromatic hydroxyl groups is 1. The van der Waals surface area contributed by atoms with E-state index in [0.717, 1.165) is 5.56 Å². The molecule has 106 valence electrons. The van der Waals surface area contributed by atoms with E-state index in [9.17, 15) is 4.79 Å². The number of carbonyl (C=O) groups is 1. The molecule has 0 unspecified atom stereocenters. The minimum Gasteiger partial charge on any atom is -0.504 e. The van der Waals surface area contributed by atoms with Crippen molar-refractivity contribution in [3.63, 3.8) is 0 Å². The largest absolute Gasteiger partial charge is 0.504 e. The zero-order chi connectivity index (χ0) is 15.0. The van der Waals surface area contributed by atoms with Crippen LogP contribution in [0.25, 0.3) is 0 Å². The highest BCUT2D eigenvalue weighted by Gasteiger charge is 2.00. The zero-order valence-electron chi connectivity index (χ0n) is 11.1. The normalized spacial score (nSPS) is 9.30. The molecule has 0 amide bonds. The van der Waals surface area contributed by atoms with E-state index in [-0.39, 0.29) is 5.75 Å². The fourth-order valence-electron chi connectivity index (χ4n) is 1.43. The number of methoxy groups -OCH3 is 1. The molecule has 0 heterocycles. The number of benzene rings is 2. The average molecular weight is 275 g/mol. The first-order chi connectivity index (χ1) is 9.58. The van der Waals surface area contributed by atoms with Crippen LogP contribution >= 0.6 is 0 Å². The Morgan fingerprint density at radius 2 is 1.85 bits per heavy atom. The Balaban J connectivity index is 0.000000204. The smallest absolute Gasteiger partial charge is 0.335 e. The Hall–Kier alpha value is -2.53. The van der Waals surface area contributed by atoms with E-state index in [1.165, 1.54) is 7.11 Å². The predicted molar refractivity (Wildman–Crippen MR) is 76.0 cm³/mol. The number of phenols is 1. The van der Waals surface area contributed by atoms with Gasteiger partial charge in [-0.15, -0.1) is 0 Å². The number of aromatic carboxylic acids is 1. The molecule has 0 aliphatic carbocycles. The second-order valence-corrected chi connectivity index (χ2v) is 3.88. The molecule has 0 aliphatic heterocycles. The minimum absolute atomic E-state index is 0.143. The SMILES string of the molecule is COc1cc(CN)ccc1O.O=C(O)c1ccccc1. The van der Waals surface area contributed by atoms with Crippen molar-refractivity contribution in [2.75, 3.05) is 7.11 Å². The lowest BCUT2D eigenvalue weighted by Gasteiger charge is -2.03. The van der Waals surface area contributed by atoms with E-state index < -0.39 is 5.97 Å². The van der Waals surface area contributed by atoms with E-state index in [2.05, 4.69) is 0 Å². The summed E-state index contributed by atoms with van der Waals surface area (Å²) in [6.45, 7) is 0.455. The highest BCUT2D eigenvalue weighted by molar-refractivity contribution is 5.87. The van der Waals surface area contributed by atoms with Gasteiger partial charge in [0.1, 0.15) is 0 Å². The molecule has 0 fully saturated rings. The number of nitrogens with two attached hydrogens (primary N) is 1. The van der Waals surface area contributed by atoms with Crippen LogP contribution in [-0.2, 0) is 6.54 Å². The molecule has 4 N–H and O–H groups in total. The van der Waals surface area contributed by atoms with Crippen molar-refractivity contribution < 1.29 is 19.7 Å². The van der Waals surface area contributed by atoms with Crippen LogP contribution < -0.4 is 10.5 Å². The van der Waals surface area contributed by atoms with E-state index in [0.29, 0.717) is 17.9 Å². The van der Waals surface area contributed by atoms with Gasteiger partial charge in [0, 0.05) is 6.54 Å². The van der Waals surface area contributed by atoms with Crippen LogP contribution in [0, 0.1) is 0 Å². The molecular formula is C15H17NO4. The van der Waals surface area contributed by atoms with E-state index in [4.69, 9.17) is 20.7 Å². The summed E-state index contributed by atoms with van der Waals surface area (Å²) in [6.07, 6.45) is 0. The predicted octanol–water partition coefficient (Wildman–Crippen LogP) is 2.24. The maximum atomic E-state index is 10.2. The fourth-order valence-corrected chi connectivity index (χ4v) is 1.43. The maximum absolute atomic E-state index is 10.2. The fraction of sp³-hybridized carbons (Fsp3) is 0.133. The molecule has 2 aromatic carbocycles. The van der Waals surface area contributed by atoms with Crippen LogP contribution in [-0.4, -0.2) is 23.3 Å². The summed E-state index contributed by atoms with van der Waals surface area (Å²) in [4.78, 5) is 10.2. The van der Waals surface area contributed by atoms with Crippen LogP contribution in [0.15, 0.2) is 48.5 Å². The van der Waals surface area contributed by atoms with Crippen molar-refractivity contribution in [1.82, 2.24) is 0 Å². The van der Waals surface area contributed by atoms with Crippen molar-refractivity contribution >= 4 is 5.97 Å². The summed E-state index contributed by atoms with van der Waals surface area (Å²) >= 11 is 0. The molecule has 0 aliphatic rings. The van der Waals surface area contributed by atoms with E-state index >= 15 is 0 Å². The van der Waals surface area contributed by atoms with Crippen molar-refractivity contribution in [3.8, 4) is 11.5 Å². The summed E-state index contributed by atoms with van der Waals surface area (Å²) in [5, 5.41) is 17.5. The van der Waals surface area contributed by atoms with Gasteiger partial charge in [-0.25, -0.2) is 4.79 Å². The summed E-state index contributed by atoms with van der Waals surface area (Å²) in [5.41, 5.74) is 6.66. The van der Waals surface area contributed by atoms with Crippen LogP contribution in [0.1, 0.15) is 15.9 Å². The van der Waals surface area contributed by atoms with Crippen LogP contribution in [0.4, 0.5) is 0 Å². The molecule has 5 heteroatoms. The first-order valence-corrected chi connectivity index (χ1v) is 5.92. The highest BCUT2D eigenvalue weighted by Crippen LogP contribution is 2.25. The number of hydrogen-bond donors (Lipinski definition) is 3. The van der Waals surface area contributed by atoms with Gasteiger partial charge in [0.2, 0.25) is 0 Å². The number of carboxylic acid groups (broad SMARTS) is 1. The molecule has 0 bridgehead atoms. The lowest BCUT2D eigenvalue weighted by molar-refractivity contribution is 0.0697. The standard InChI is InChI=1S/C8H11NO2.C7H6O2/c1-11-8-4-6(5-9)2-3-7(8)10;8-7(9)6-4-2-1-3-5-6/h2-4,10H,5,9H2,1H3;1-5H,(H,8,9). The Morgan fingerprint density at radius 3 is 2.30 bits per heavy atom. The topological polar surface area (TPSA) is 92.8 Å². The molecule has 0 radical (unpaired) electrons. The van der Waals surface area contributed by atoms with Gasteiger partial charge in [-0.05, 0) is 29.8 Å². The van der Waals surface area contributed by atoms with Crippen LogP contribution in [0.3, 0.4) is 0 Å². The van der Waals surface area contributed by atoms with Crippen molar-refractivity contribution in [2.24, 2.45) is 5.73 Å². The van der Waals surface area contributed by atoms with E-state index in [1.807, 2.05) is 0 Å². The molecule has 2 rings (SSSR count). The monoisotopic (exact) mass is 275 g/mol. The molecule has 0 saturated heterocycles. The lowest BCUT2D eigenvalue weighted by Crippen LogP contribution is -1.96. The first-order valence-electron chi connectivity index (χ1n) is 5.92. The minimum atomic E-state index is -0.879. The second-order valence-electron chi connectivity index (χ2n) is 3.88. The molecule has 0 atom stereocenters. The zero-order valence-corrected chi connectivity index (χ0v) is 11.1. The van der Waals surface area contributed by atoms with Crippen molar-refractivity contribution in [1.29, 1.82) is 0 Å². The molecule has 20 heavy (non-hydrogen) atoms. The Kier molecular flexibility index (Phi) is 6.06. The molecular weight excluding hydrogens is 258 g/mol. The number of rotatable bonds is 3. The molecule has 5 nitrogen and oxygen atoms in total. The van der Waals surface area contributed by atoms with Gasteiger partial charge < -0.3 is 20.7 Å². The number of phenolic OH excluding ortho intramolecular Hbond substituents is 1. The Morgan fingerprint density at radius 1 is 1.20 bits per heavy atom. The molecule has 0 aromatic heterocycles. The average Bonchev–Trinajstić information content (AvgIpc) is 2.49. The first kappa shape index (κ1) is 15.5. The van der Waals surface area contributed by atoms with Gasteiger partial charge in [0.05, 0.1) is 12.7 Å². The Labute approximate surface area is 117 Å². The van der Waals surface area contributed by atoms with Gasteiger partial charge in [-0.1, -0.05) is 24.3 Å². The summed E-state index contributed by atoms with van der Waals surface area (Å²) < 4.78 is 4.88. The lowest BCUT2D eigenvalue weighted by atomic mass is 10.2. The number of carboxylic acids is 1. The van der Waals surface area contributed by atoms with Gasteiger partial charge in [0.15, 0.2) is 11.5 Å². The van der Waals surface area contributed by atoms with Crippen LogP contribution in [0.5, 0.6) is 11.5 Å². The van der Waals surface area contributed by atoms with E-state index in [1.54, 1.807) is 48.5 Å². The third-order valence-corrected chi connectivity index (χ3v) is 2.50. The number of hydrogen-bond acceptors (Lipinski definition) is 4. The summed E-state index contributed by atoms with van der Waals surface area (Å²) in [5.74, 6) is -0.270. The Bertz CT molecular complexity index is 555. The van der Waals surface area contributed by atoms with Gasteiger partial charge >= 0.3 is 5.97 Å². The number of ether oxygens (including phenoxy) is 1. The van der Waals surface area contributed by atoms with Crippen LogP contribution in [0.2, 0.25) is 0 Å². The third kappa shape index (κ3) is 4.62. The summed E-state index contributed by atoms with van der Waals surface area (Å²) in [6, 6.07) is 13.3. The second kappa shape index (κ2) is 7.81. The van der Waals surface area contributed by atoms with Gasteiger partial charge in [0.25, 0.3) is 0 Å². The highest BCUT2D eigenvalue weighted by atomic mass is 16.5. The van der Waals surface area contributed by atoms with Gasteiger partial charge in [-0.2, -0.15) is 0 Å². The third-order valence-electron chi connectivity index (χ3n) is 2.50. The van der Waals surface area contributed by atoms with Gasteiger partial charge in [-0.3, -0.25) is 0 Å². The van der Waals surface area contributed by atoms with Crippen molar-refractivity contribution in [2.45, 2.75) is 6.54 Å². The molecule has 0 saturated carbocycles.